The van der Waals surface area contributed by atoms with Gasteiger partial charge in [0.15, 0.2) is 0 Å². The monoisotopic (exact) mass is 393 g/mol. The smallest absolute Gasteiger partial charge is 0.287 e. The van der Waals surface area contributed by atoms with Crippen LogP contribution in [0.25, 0.3) is 21.2 Å². The number of fused-ring (bicyclic) bond motifs is 4. The van der Waals surface area contributed by atoms with Gasteiger partial charge in [-0.05, 0) is 61.9 Å². The Morgan fingerprint density at radius 2 is 2.18 bits per heavy atom. The molecule has 1 aliphatic rings. The molecule has 0 aliphatic heterocycles. The first-order chi connectivity index (χ1) is 13.5. The lowest BCUT2D eigenvalue weighted by atomic mass is 10.1. The molecule has 0 saturated heterocycles. The molecule has 0 fully saturated rings. The van der Waals surface area contributed by atoms with E-state index in [1.54, 1.807) is 0 Å². The molecule has 0 spiro atoms. The molecule has 4 aromatic rings. The molecule has 7 heteroatoms. The van der Waals surface area contributed by atoms with Crippen LogP contribution in [0.15, 0.2) is 27.4 Å². The maximum absolute atomic E-state index is 12.6. The lowest BCUT2D eigenvalue weighted by Crippen LogP contribution is -2.27. The van der Waals surface area contributed by atoms with E-state index in [1.165, 1.54) is 16.2 Å². The number of hydrogen-bond donors (Lipinski definition) is 2. The number of furan rings is 1. The second-order valence-corrected chi connectivity index (χ2v) is 8.33. The maximum atomic E-state index is 12.6. The summed E-state index contributed by atoms with van der Waals surface area (Å²) in [6, 6.07) is 5.86. The van der Waals surface area contributed by atoms with Crippen molar-refractivity contribution in [3.8, 4) is 0 Å². The minimum Gasteiger partial charge on any atom is -0.461 e. The Bertz CT molecular complexity index is 1310. The van der Waals surface area contributed by atoms with E-state index in [9.17, 15) is 9.59 Å². The van der Waals surface area contributed by atoms with Crippen LogP contribution in [0.3, 0.4) is 0 Å². The highest BCUT2D eigenvalue weighted by atomic mass is 32.1. The topological polar surface area (TPSA) is 88.0 Å². The Balaban J connectivity index is 1.40. The summed E-state index contributed by atoms with van der Waals surface area (Å²) in [5.41, 5.74) is 3.79. The number of aryl methyl sites for hydroxylation is 4. The van der Waals surface area contributed by atoms with Crippen molar-refractivity contribution in [3.05, 3.63) is 61.7 Å². The second kappa shape index (κ2) is 6.31. The van der Waals surface area contributed by atoms with Crippen LogP contribution < -0.4 is 10.9 Å². The first-order valence-corrected chi connectivity index (χ1v) is 10.1. The first-order valence-electron chi connectivity index (χ1n) is 9.32. The van der Waals surface area contributed by atoms with E-state index >= 15 is 0 Å². The fourth-order valence-electron chi connectivity index (χ4n) is 3.88. The molecule has 2 N–H and O–H groups in total. The zero-order valence-electron chi connectivity index (χ0n) is 15.6. The Kier molecular flexibility index (Phi) is 3.87. The molecule has 0 unspecified atom stereocenters. The number of aromatic nitrogens is 2. The Morgan fingerprint density at radius 1 is 1.32 bits per heavy atom. The summed E-state index contributed by atoms with van der Waals surface area (Å²) < 4.78 is 5.69. The summed E-state index contributed by atoms with van der Waals surface area (Å²) in [5.74, 6) is 0.579. The van der Waals surface area contributed by atoms with Gasteiger partial charge in [-0.25, -0.2) is 4.98 Å². The number of amides is 1. The molecule has 0 bridgehead atoms. The fraction of sp³-hybridized carbons (Fsp3) is 0.286. The van der Waals surface area contributed by atoms with Crippen LogP contribution in [0.1, 0.15) is 44.4 Å². The van der Waals surface area contributed by atoms with Gasteiger partial charge in [0.25, 0.3) is 11.5 Å². The summed E-state index contributed by atoms with van der Waals surface area (Å²) in [7, 11) is 0. The number of nitrogens with zero attached hydrogens (tertiary/aromatic N) is 1. The van der Waals surface area contributed by atoms with Crippen LogP contribution in [-0.2, 0) is 19.4 Å². The van der Waals surface area contributed by atoms with Gasteiger partial charge in [0.05, 0.1) is 5.39 Å². The van der Waals surface area contributed by atoms with E-state index in [0.29, 0.717) is 16.8 Å². The number of H-pyrrole nitrogens is 1. The second-order valence-electron chi connectivity index (χ2n) is 7.25. The van der Waals surface area contributed by atoms with E-state index in [-0.39, 0.29) is 17.3 Å². The fourth-order valence-corrected chi connectivity index (χ4v) is 5.14. The van der Waals surface area contributed by atoms with Crippen molar-refractivity contribution in [2.45, 2.75) is 39.7 Å². The predicted molar refractivity (Wildman–Crippen MR) is 109 cm³/mol. The molecule has 1 amide bonds. The van der Waals surface area contributed by atoms with Gasteiger partial charge in [-0.3, -0.25) is 9.59 Å². The molecule has 5 rings (SSSR count). The molecule has 0 radical (unpaired) electrons. The van der Waals surface area contributed by atoms with Crippen LogP contribution in [0.5, 0.6) is 0 Å². The van der Waals surface area contributed by atoms with Gasteiger partial charge in [0.1, 0.15) is 16.2 Å². The maximum Gasteiger partial charge on any atom is 0.287 e. The normalized spacial score (nSPS) is 13.4. The average Bonchev–Trinajstić information content (AvgIpc) is 3.33. The van der Waals surface area contributed by atoms with Crippen molar-refractivity contribution in [2.75, 3.05) is 0 Å². The number of rotatable bonds is 3. The van der Waals surface area contributed by atoms with E-state index < -0.39 is 0 Å². The van der Waals surface area contributed by atoms with E-state index in [0.717, 1.165) is 52.7 Å². The Hall–Kier alpha value is -2.93. The zero-order valence-corrected chi connectivity index (χ0v) is 16.5. The molecule has 0 saturated carbocycles. The van der Waals surface area contributed by atoms with Crippen LogP contribution in [0, 0.1) is 13.8 Å². The van der Waals surface area contributed by atoms with Crippen LogP contribution in [0.4, 0.5) is 0 Å². The van der Waals surface area contributed by atoms with Gasteiger partial charge in [0.2, 0.25) is 5.82 Å². The minimum atomic E-state index is -0.382. The molecule has 0 atom stereocenters. The molecule has 3 aromatic heterocycles. The van der Waals surface area contributed by atoms with Crippen molar-refractivity contribution in [3.63, 3.8) is 0 Å². The third-order valence-corrected chi connectivity index (χ3v) is 6.67. The molecule has 1 aliphatic carbocycles. The van der Waals surface area contributed by atoms with Crippen LogP contribution in [-0.4, -0.2) is 15.9 Å². The van der Waals surface area contributed by atoms with Gasteiger partial charge in [0, 0.05) is 16.8 Å². The van der Waals surface area contributed by atoms with Gasteiger partial charge in [-0.2, -0.15) is 0 Å². The minimum absolute atomic E-state index is 0.0637. The third-order valence-electron chi connectivity index (χ3n) is 5.48. The van der Waals surface area contributed by atoms with Crippen molar-refractivity contribution in [2.24, 2.45) is 0 Å². The SMILES string of the molecule is Cc1oc2ccc(CNC(=O)c3nc4sc5c(c4c(=O)[nH]3)CCC5)cc2c1C. The van der Waals surface area contributed by atoms with Crippen molar-refractivity contribution < 1.29 is 9.21 Å². The molecule has 3 heterocycles. The average molecular weight is 393 g/mol. The Labute approximate surface area is 164 Å². The largest absolute Gasteiger partial charge is 0.461 e. The van der Waals surface area contributed by atoms with E-state index in [1.807, 2.05) is 32.0 Å². The summed E-state index contributed by atoms with van der Waals surface area (Å²) in [4.78, 5) is 34.0. The predicted octanol–water partition coefficient (Wildman–Crippen LogP) is 3.77. The standard InChI is InChI=1S/C21H19N3O3S/c1-10-11(2)27-15-7-6-12(8-14(10)15)9-22-20(26)18-23-19(25)17-13-4-3-5-16(13)28-21(17)24-18/h6-8H,3-5,9H2,1-2H3,(H,22,26)(H,23,24,25). The van der Waals surface area contributed by atoms with Crippen molar-refractivity contribution in [1.82, 2.24) is 15.3 Å². The summed E-state index contributed by atoms with van der Waals surface area (Å²) in [6.07, 6.45) is 2.99. The summed E-state index contributed by atoms with van der Waals surface area (Å²) in [6.45, 7) is 4.31. The molecule has 28 heavy (non-hydrogen) atoms. The number of aromatic amines is 1. The highest BCUT2D eigenvalue weighted by Gasteiger charge is 2.22. The zero-order chi connectivity index (χ0) is 19.4. The highest BCUT2D eigenvalue weighted by molar-refractivity contribution is 7.18. The lowest BCUT2D eigenvalue weighted by Gasteiger charge is -2.05. The van der Waals surface area contributed by atoms with Crippen LogP contribution >= 0.6 is 11.3 Å². The number of carbonyl (C=O) groups excluding carboxylic acids is 1. The number of benzene rings is 1. The van der Waals surface area contributed by atoms with Gasteiger partial charge in [-0.15, -0.1) is 11.3 Å². The van der Waals surface area contributed by atoms with Crippen molar-refractivity contribution >= 4 is 38.4 Å². The number of thiophene rings is 1. The van der Waals surface area contributed by atoms with Crippen LogP contribution in [0.2, 0.25) is 0 Å². The third kappa shape index (κ3) is 2.65. The first kappa shape index (κ1) is 17.2. The number of carbonyl (C=O) groups is 1. The molecular weight excluding hydrogens is 374 g/mol. The lowest BCUT2D eigenvalue weighted by molar-refractivity contribution is 0.0940. The molecule has 6 nitrogen and oxygen atoms in total. The molecular formula is C21H19N3O3S. The van der Waals surface area contributed by atoms with Gasteiger partial charge >= 0.3 is 0 Å². The summed E-state index contributed by atoms with van der Waals surface area (Å²) in [5, 5.41) is 4.55. The van der Waals surface area contributed by atoms with E-state index in [2.05, 4.69) is 15.3 Å². The van der Waals surface area contributed by atoms with Crippen molar-refractivity contribution in [1.29, 1.82) is 0 Å². The van der Waals surface area contributed by atoms with E-state index in [4.69, 9.17) is 4.42 Å². The van der Waals surface area contributed by atoms with Gasteiger partial charge < -0.3 is 14.7 Å². The molecule has 142 valence electrons. The number of nitrogens with one attached hydrogen (secondary N) is 2. The quantitative estimate of drug-likeness (QED) is 0.555. The van der Waals surface area contributed by atoms with Gasteiger partial charge in [-0.1, -0.05) is 6.07 Å². The molecule has 1 aromatic carbocycles. The highest BCUT2D eigenvalue weighted by Crippen LogP contribution is 2.34. The number of hydrogen-bond acceptors (Lipinski definition) is 5. The summed E-state index contributed by atoms with van der Waals surface area (Å²) >= 11 is 1.53. The Morgan fingerprint density at radius 3 is 3.04 bits per heavy atom.